The average Bonchev–Trinajstić information content (AvgIpc) is 3.18. The first kappa shape index (κ1) is 16.4. The third-order valence-corrected chi connectivity index (χ3v) is 6.37. The van der Waals surface area contributed by atoms with Crippen LogP contribution < -0.4 is 5.32 Å². The van der Waals surface area contributed by atoms with Gasteiger partial charge >= 0.3 is 0 Å². The van der Waals surface area contributed by atoms with Crippen molar-refractivity contribution in [1.82, 2.24) is 24.1 Å². The molecule has 1 atom stereocenters. The van der Waals surface area contributed by atoms with Crippen LogP contribution in [0.25, 0.3) is 0 Å². The van der Waals surface area contributed by atoms with Crippen LogP contribution in [-0.4, -0.2) is 71.8 Å². The van der Waals surface area contributed by atoms with Crippen molar-refractivity contribution in [1.29, 1.82) is 0 Å². The van der Waals surface area contributed by atoms with Gasteiger partial charge in [-0.05, 0) is 26.3 Å². The number of hydrogen-bond donors (Lipinski definition) is 1. The van der Waals surface area contributed by atoms with Crippen LogP contribution in [0.4, 0.5) is 0 Å². The number of aryl methyl sites for hydroxylation is 2. The topological polar surface area (TPSA) is 87.5 Å². The highest BCUT2D eigenvalue weighted by molar-refractivity contribution is 7.89. The molecule has 1 N–H and O–H groups in total. The number of carbonyl (C=O) groups is 1. The second-order valence-electron chi connectivity index (χ2n) is 6.12. The molecule has 0 spiro atoms. The number of amides is 1. The third kappa shape index (κ3) is 3.13. The Balaban J connectivity index is 1.65. The van der Waals surface area contributed by atoms with Gasteiger partial charge in [0.15, 0.2) is 5.03 Å². The minimum Gasteiger partial charge on any atom is -0.339 e. The van der Waals surface area contributed by atoms with E-state index in [4.69, 9.17) is 0 Å². The van der Waals surface area contributed by atoms with E-state index < -0.39 is 10.0 Å². The maximum Gasteiger partial charge on any atom is 0.262 e. The normalized spacial score (nSPS) is 23.4. The summed E-state index contributed by atoms with van der Waals surface area (Å²) in [6, 6.07) is -0.100. The molecule has 2 aliphatic heterocycles. The molecule has 0 saturated carbocycles. The van der Waals surface area contributed by atoms with Crippen molar-refractivity contribution in [2.45, 2.75) is 30.8 Å². The molecular formula is C14H23N5O3S. The molecule has 8 nitrogen and oxygen atoms in total. The monoisotopic (exact) mass is 341 g/mol. The Hall–Kier alpha value is -1.45. The van der Waals surface area contributed by atoms with Crippen molar-refractivity contribution >= 4 is 15.9 Å². The number of sulfonamides is 1. The summed E-state index contributed by atoms with van der Waals surface area (Å²) >= 11 is 0. The number of nitrogens with zero attached hydrogens (tertiary/aromatic N) is 4. The number of hydrogen-bond acceptors (Lipinski definition) is 5. The van der Waals surface area contributed by atoms with E-state index in [0.29, 0.717) is 32.0 Å². The first-order valence-corrected chi connectivity index (χ1v) is 9.36. The standard InChI is InChI=1S/C14H23N5O3S/c1-11-16-13(10-17(11)2)23(21,22)19-8-6-18(7-9-19)14(20)12-4-3-5-15-12/h10,12,15H,3-9H2,1-2H3. The number of nitrogens with one attached hydrogen (secondary N) is 1. The van der Waals surface area contributed by atoms with E-state index in [1.807, 2.05) is 0 Å². The van der Waals surface area contributed by atoms with Crippen LogP contribution in [0.15, 0.2) is 11.2 Å². The van der Waals surface area contributed by atoms with E-state index in [9.17, 15) is 13.2 Å². The number of carbonyl (C=O) groups excluding carboxylic acids is 1. The summed E-state index contributed by atoms with van der Waals surface area (Å²) in [5.41, 5.74) is 0. The van der Waals surface area contributed by atoms with E-state index in [1.165, 1.54) is 10.5 Å². The maximum absolute atomic E-state index is 12.6. The lowest BCUT2D eigenvalue weighted by molar-refractivity contribution is -0.134. The average molecular weight is 341 g/mol. The van der Waals surface area contributed by atoms with E-state index in [-0.39, 0.29) is 17.0 Å². The molecule has 3 heterocycles. The largest absolute Gasteiger partial charge is 0.339 e. The molecular weight excluding hydrogens is 318 g/mol. The first-order chi connectivity index (χ1) is 10.9. The highest BCUT2D eigenvalue weighted by Crippen LogP contribution is 2.18. The summed E-state index contributed by atoms with van der Waals surface area (Å²) in [4.78, 5) is 18.2. The molecule has 3 rings (SSSR count). The fourth-order valence-electron chi connectivity index (χ4n) is 3.05. The van der Waals surface area contributed by atoms with Gasteiger partial charge in [0.05, 0.1) is 6.04 Å². The molecule has 1 aromatic heterocycles. The fourth-order valence-corrected chi connectivity index (χ4v) is 4.49. The van der Waals surface area contributed by atoms with Crippen LogP contribution in [-0.2, 0) is 21.9 Å². The lowest BCUT2D eigenvalue weighted by atomic mass is 10.2. The van der Waals surface area contributed by atoms with Gasteiger partial charge in [0.1, 0.15) is 5.82 Å². The predicted octanol–water partition coefficient (Wildman–Crippen LogP) is -0.687. The van der Waals surface area contributed by atoms with Gasteiger partial charge < -0.3 is 14.8 Å². The zero-order valence-corrected chi connectivity index (χ0v) is 14.3. The molecule has 0 bridgehead atoms. The molecule has 2 aliphatic rings. The summed E-state index contributed by atoms with van der Waals surface area (Å²) < 4.78 is 28.3. The van der Waals surface area contributed by atoms with Crippen molar-refractivity contribution in [3.8, 4) is 0 Å². The molecule has 9 heteroatoms. The minimum atomic E-state index is -3.58. The molecule has 1 unspecified atom stereocenters. The Labute approximate surface area is 136 Å². The summed E-state index contributed by atoms with van der Waals surface area (Å²) in [5, 5.41) is 3.27. The lowest BCUT2D eigenvalue weighted by Gasteiger charge is -2.34. The number of rotatable bonds is 3. The second-order valence-corrected chi connectivity index (χ2v) is 8.00. The minimum absolute atomic E-state index is 0.0785. The molecule has 0 radical (unpaired) electrons. The molecule has 1 aromatic rings. The highest BCUT2D eigenvalue weighted by atomic mass is 32.2. The van der Waals surface area contributed by atoms with E-state index in [1.54, 1.807) is 23.4 Å². The third-order valence-electron chi connectivity index (χ3n) is 4.60. The van der Waals surface area contributed by atoms with Gasteiger partial charge in [0, 0.05) is 39.4 Å². The van der Waals surface area contributed by atoms with Crippen LogP contribution in [0.5, 0.6) is 0 Å². The number of piperazine rings is 1. The van der Waals surface area contributed by atoms with Crippen molar-refractivity contribution in [3.63, 3.8) is 0 Å². The predicted molar refractivity (Wildman–Crippen MR) is 84.3 cm³/mol. The smallest absolute Gasteiger partial charge is 0.262 e. The van der Waals surface area contributed by atoms with Gasteiger partial charge in [-0.15, -0.1) is 0 Å². The van der Waals surface area contributed by atoms with Crippen molar-refractivity contribution in [3.05, 3.63) is 12.0 Å². The molecule has 2 fully saturated rings. The highest BCUT2D eigenvalue weighted by Gasteiger charge is 2.34. The Morgan fingerprint density at radius 1 is 1.30 bits per heavy atom. The van der Waals surface area contributed by atoms with Crippen molar-refractivity contribution < 1.29 is 13.2 Å². The van der Waals surface area contributed by atoms with Gasteiger partial charge in [0.2, 0.25) is 5.91 Å². The summed E-state index contributed by atoms with van der Waals surface area (Å²) in [7, 11) is -1.81. The summed E-state index contributed by atoms with van der Waals surface area (Å²) in [6.07, 6.45) is 3.42. The maximum atomic E-state index is 12.6. The molecule has 1 amide bonds. The fraction of sp³-hybridized carbons (Fsp3) is 0.714. The van der Waals surface area contributed by atoms with E-state index in [2.05, 4.69) is 10.3 Å². The van der Waals surface area contributed by atoms with Crippen LogP contribution in [0.1, 0.15) is 18.7 Å². The van der Waals surface area contributed by atoms with Gasteiger partial charge in [-0.3, -0.25) is 4.79 Å². The Kier molecular flexibility index (Phi) is 4.43. The van der Waals surface area contributed by atoms with Crippen LogP contribution in [0.2, 0.25) is 0 Å². The zero-order chi connectivity index (χ0) is 16.6. The van der Waals surface area contributed by atoms with Gasteiger partial charge in [-0.25, -0.2) is 13.4 Å². The summed E-state index contributed by atoms with van der Waals surface area (Å²) in [5.74, 6) is 0.748. The van der Waals surface area contributed by atoms with Crippen LogP contribution in [0.3, 0.4) is 0 Å². The van der Waals surface area contributed by atoms with Gasteiger partial charge in [-0.1, -0.05) is 0 Å². The van der Waals surface area contributed by atoms with Crippen LogP contribution in [0, 0.1) is 6.92 Å². The van der Waals surface area contributed by atoms with Crippen molar-refractivity contribution in [2.75, 3.05) is 32.7 Å². The lowest BCUT2D eigenvalue weighted by Crippen LogP contribution is -2.54. The molecule has 128 valence electrons. The van der Waals surface area contributed by atoms with Crippen LogP contribution >= 0.6 is 0 Å². The Morgan fingerprint density at radius 3 is 2.52 bits per heavy atom. The SMILES string of the molecule is Cc1nc(S(=O)(=O)N2CCN(C(=O)C3CCCN3)CC2)cn1C. The van der Waals surface area contributed by atoms with E-state index in [0.717, 1.165) is 19.4 Å². The summed E-state index contributed by atoms with van der Waals surface area (Å²) in [6.45, 7) is 4.14. The van der Waals surface area contributed by atoms with E-state index >= 15 is 0 Å². The number of aromatic nitrogens is 2. The first-order valence-electron chi connectivity index (χ1n) is 7.92. The molecule has 0 aliphatic carbocycles. The Bertz CT molecular complexity index is 666. The second kappa shape index (κ2) is 6.21. The van der Waals surface area contributed by atoms with Gasteiger partial charge in [0.25, 0.3) is 10.0 Å². The molecule has 23 heavy (non-hydrogen) atoms. The van der Waals surface area contributed by atoms with Gasteiger partial charge in [-0.2, -0.15) is 4.31 Å². The molecule has 0 aromatic carbocycles. The zero-order valence-electron chi connectivity index (χ0n) is 13.5. The molecule has 2 saturated heterocycles. The number of imidazole rings is 1. The van der Waals surface area contributed by atoms with Crippen molar-refractivity contribution in [2.24, 2.45) is 7.05 Å². The quantitative estimate of drug-likeness (QED) is 0.787. The Morgan fingerprint density at radius 2 is 2.00 bits per heavy atom.